The summed E-state index contributed by atoms with van der Waals surface area (Å²) >= 11 is 0. The predicted octanol–water partition coefficient (Wildman–Crippen LogP) is 0.810. The van der Waals surface area contributed by atoms with Crippen LogP contribution in [0.5, 0.6) is 0 Å². The van der Waals surface area contributed by atoms with Crippen molar-refractivity contribution in [3.05, 3.63) is 27.8 Å². The van der Waals surface area contributed by atoms with E-state index in [1.54, 1.807) is 6.07 Å². The Labute approximate surface area is 101 Å². The van der Waals surface area contributed by atoms with Crippen molar-refractivity contribution in [1.82, 2.24) is 15.6 Å². The highest BCUT2D eigenvalue weighted by Crippen LogP contribution is 2.25. The number of fused-ring (bicyclic) bond motifs is 1. The van der Waals surface area contributed by atoms with Crippen LogP contribution in [0.1, 0.15) is 12.5 Å². The smallest absolute Gasteiger partial charge is 0.300 e. The van der Waals surface area contributed by atoms with Gasteiger partial charge in [-0.1, -0.05) is 0 Å². The number of rotatable bonds is 4. The number of nitrogens with one attached hydrogen (secondary N) is 1. The van der Waals surface area contributed by atoms with Gasteiger partial charge in [0.1, 0.15) is 5.52 Å². The molecule has 0 spiro atoms. The minimum absolute atomic E-state index is 0.125. The van der Waals surface area contributed by atoms with Crippen LogP contribution < -0.4 is 5.32 Å². The molecule has 1 N–H and O–H groups in total. The summed E-state index contributed by atoms with van der Waals surface area (Å²) in [5.74, 6) is -0.133. The summed E-state index contributed by atoms with van der Waals surface area (Å²) in [7, 11) is 0. The van der Waals surface area contributed by atoms with Crippen LogP contribution in [0.25, 0.3) is 11.0 Å². The first-order chi connectivity index (χ1) is 8.59. The first-order valence-corrected chi connectivity index (χ1v) is 5.22. The summed E-state index contributed by atoms with van der Waals surface area (Å²) in [5.41, 5.74) is 1.08. The number of carbonyl (C=O) groups is 1. The van der Waals surface area contributed by atoms with E-state index in [1.807, 2.05) is 0 Å². The molecule has 0 fully saturated rings. The molecule has 0 aliphatic heterocycles. The second kappa shape index (κ2) is 4.78. The van der Waals surface area contributed by atoms with Crippen LogP contribution in [-0.4, -0.2) is 27.7 Å². The van der Waals surface area contributed by atoms with Crippen LogP contribution in [-0.2, 0) is 11.2 Å². The minimum Gasteiger partial charge on any atom is -0.356 e. The molecule has 1 aromatic heterocycles. The van der Waals surface area contributed by atoms with Gasteiger partial charge in [-0.25, -0.2) is 4.63 Å². The fourth-order valence-corrected chi connectivity index (χ4v) is 1.63. The molecule has 2 aromatic rings. The largest absolute Gasteiger partial charge is 0.356 e. The van der Waals surface area contributed by atoms with E-state index in [0.717, 1.165) is 5.56 Å². The molecule has 18 heavy (non-hydrogen) atoms. The number of nitro benzene ring substituents is 1. The highest BCUT2D eigenvalue weighted by molar-refractivity contribution is 5.86. The van der Waals surface area contributed by atoms with Crippen LogP contribution in [0.3, 0.4) is 0 Å². The van der Waals surface area contributed by atoms with Crippen molar-refractivity contribution in [1.29, 1.82) is 0 Å². The van der Waals surface area contributed by atoms with Gasteiger partial charge in [0.25, 0.3) is 0 Å². The molecule has 1 aromatic carbocycles. The lowest BCUT2D eigenvalue weighted by Crippen LogP contribution is -2.22. The van der Waals surface area contributed by atoms with Gasteiger partial charge < -0.3 is 5.32 Å². The Balaban J connectivity index is 2.30. The molecule has 8 nitrogen and oxygen atoms in total. The van der Waals surface area contributed by atoms with Gasteiger partial charge >= 0.3 is 5.69 Å². The van der Waals surface area contributed by atoms with E-state index in [1.165, 1.54) is 13.0 Å². The number of hydrogen-bond donors (Lipinski definition) is 1. The molecule has 0 radical (unpaired) electrons. The standard InChI is InChI=1S/C10H10N4O4/c1-6(15)11-5-4-7-2-3-8(14(16)17)10-9(7)12-18-13-10/h2-3H,4-5H2,1H3,(H,11,15). The van der Waals surface area contributed by atoms with Crippen molar-refractivity contribution in [2.45, 2.75) is 13.3 Å². The molecule has 1 heterocycles. The third-order valence-electron chi connectivity index (χ3n) is 2.44. The molecule has 0 atom stereocenters. The molecular formula is C10H10N4O4. The lowest BCUT2D eigenvalue weighted by Gasteiger charge is -2.02. The molecule has 8 heteroatoms. The van der Waals surface area contributed by atoms with Crippen molar-refractivity contribution < 1.29 is 14.3 Å². The lowest BCUT2D eigenvalue weighted by molar-refractivity contribution is -0.383. The number of benzene rings is 1. The van der Waals surface area contributed by atoms with Gasteiger partial charge in [0, 0.05) is 19.5 Å². The van der Waals surface area contributed by atoms with E-state index in [-0.39, 0.29) is 17.1 Å². The van der Waals surface area contributed by atoms with Crippen molar-refractivity contribution in [2.24, 2.45) is 0 Å². The number of nitrogens with zero attached hydrogens (tertiary/aromatic N) is 3. The average molecular weight is 250 g/mol. The monoisotopic (exact) mass is 250 g/mol. The van der Waals surface area contributed by atoms with Crippen molar-refractivity contribution >= 4 is 22.6 Å². The first-order valence-electron chi connectivity index (χ1n) is 5.22. The van der Waals surface area contributed by atoms with E-state index in [0.29, 0.717) is 18.5 Å². The summed E-state index contributed by atoms with van der Waals surface area (Å²) in [6.07, 6.45) is 0.502. The van der Waals surface area contributed by atoms with Crippen LogP contribution in [0.4, 0.5) is 5.69 Å². The minimum atomic E-state index is -0.538. The summed E-state index contributed by atoms with van der Waals surface area (Å²) in [6, 6.07) is 2.95. The third-order valence-corrected chi connectivity index (χ3v) is 2.44. The highest BCUT2D eigenvalue weighted by Gasteiger charge is 2.19. The maximum Gasteiger partial charge on any atom is 0.300 e. The van der Waals surface area contributed by atoms with Crippen molar-refractivity contribution in [2.75, 3.05) is 6.54 Å². The summed E-state index contributed by atoms with van der Waals surface area (Å²) < 4.78 is 4.53. The molecule has 0 saturated carbocycles. The number of non-ortho nitro benzene ring substituents is 1. The van der Waals surface area contributed by atoms with Gasteiger partial charge in [0.2, 0.25) is 11.4 Å². The van der Waals surface area contributed by atoms with E-state index in [2.05, 4.69) is 20.3 Å². The van der Waals surface area contributed by atoms with Gasteiger partial charge in [0.05, 0.1) is 4.92 Å². The van der Waals surface area contributed by atoms with E-state index < -0.39 is 4.92 Å². The second-order valence-electron chi connectivity index (χ2n) is 3.70. The van der Waals surface area contributed by atoms with E-state index in [4.69, 9.17) is 0 Å². The molecule has 0 unspecified atom stereocenters. The Morgan fingerprint density at radius 3 is 2.83 bits per heavy atom. The quantitative estimate of drug-likeness (QED) is 0.634. The summed E-state index contributed by atoms with van der Waals surface area (Å²) in [6.45, 7) is 1.85. The molecule has 0 saturated heterocycles. The van der Waals surface area contributed by atoms with E-state index in [9.17, 15) is 14.9 Å². The SMILES string of the molecule is CC(=O)NCCc1ccc([N+](=O)[O-])c2nonc12. The normalized spacial score (nSPS) is 10.5. The first kappa shape index (κ1) is 12.0. The van der Waals surface area contributed by atoms with Gasteiger partial charge in [-0.2, -0.15) is 0 Å². The zero-order valence-electron chi connectivity index (χ0n) is 9.54. The Morgan fingerprint density at radius 2 is 2.17 bits per heavy atom. The number of hydrogen-bond acceptors (Lipinski definition) is 6. The van der Waals surface area contributed by atoms with Crippen LogP contribution in [0, 0.1) is 10.1 Å². The zero-order valence-corrected chi connectivity index (χ0v) is 9.54. The fraction of sp³-hybridized carbons (Fsp3) is 0.300. The van der Waals surface area contributed by atoms with Crippen LogP contribution in [0.2, 0.25) is 0 Å². The molecule has 94 valence electrons. The Kier molecular flexibility index (Phi) is 3.18. The fourth-order valence-electron chi connectivity index (χ4n) is 1.63. The van der Waals surface area contributed by atoms with Crippen LogP contribution in [0.15, 0.2) is 16.8 Å². The zero-order chi connectivity index (χ0) is 13.1. The van der Waals surface area contributed by atoms with Gasteiger partial charge in [-0.15, -0.1) is 0 Å². The van der Waals surface area contributed by atoms with Crippen LogP contribution >= 0.6 is 0 Å². The highest BCUT2D eigenvalue weighted by atomic mass is 16.6. The number of nitro groups is 1. The van der Waals surface area contributed by atoms with Gasteiger partial charge in [-0.3, -0.25) is 14.9 Å². The molecule has 2 rings (SSSR count). The molecule has 0 aliphatic rings. The number of aromatic nitrogens is 2. The summed E-state index contributed by atoms with van der Waals surface area (Å²) in [5, 5.41) is 20.6. The maximum absolute atomic E-state index is 10.8. The predicted molar refractivity (Wildman–Crippen MR) is 60.8 cm³/mol. The molecule has 0 aliphatic carbocycles. The van der Waals surface area contributed by atoms with Gasteiger partial charge in [-0.05, 0) is 28.4 Å². The average Bonchev–Trinajstić information content (AvgIpc) is 2.77. The number of carbonyl (C=O) groups excluding carboxylic acids is 1. The van der Waals surface area contributed by atoms with Crippen molar-refractivity contribution in [3.8, 4) is 0 Å². The third kappa shape index (κ3) is 2.26. The lowest BCUT2D eigenvalue weighted by atomic mass is 10.1. The summed E-state index contributed by atoms with van der Waals surface area (Å²) in [4.78, 5) is 21.0. The second-order valence-corrected chi connectivity index (χ2v) is 3.70. The maximum atomic E-state index is 10.8. The van der Waals surface area contributed by atoms with Crippen molar-refractivity contribution in [3.63, 3.8) is 0 Å². The van der Waals surface area contributed by atoms with Gasteiger partial charge in [0.15, 0.2) is 0 Å². The Bertz CT molecular complexity index is 607. The van der Waals surface area contributed by atoms with E-state index >= 15 is 0 Å². The molecule has 0 bridgehead atoms. The Hall–Kier alpha value is -2.51. The molecular weight excluding hydrogens is 240 g/mol. The topological polar surface area (TPSA) is 111 Å². The number of amides is 1. The molecule has 1 amide bonds. The Morgan fingerprint density at radius 1 is 1.44 bits per heavy atom.